The van der Waals surface area contributed by atoms with E-state index < -0.39 is 21.9 Å². The molecular formula is C23H28F3NO4S2. The quantitative estimate of drug-likeness (QED) is 0.329. The van der Waals surface area contributed by atoms with Gasteiger partial charge in [0.1, 0.15) is 0 Å². The van der Waals surface area contributed by atoms with Gasteiger partial charge in [-0.1, -0.05) is 24.3 Å². The van der Waals surface area contributed by atoms with E-state index in [2.05, 4.69) is 6.07 Å². The molecular weight excluding hydrogens is 475 g/mol. The van der Waals surface area contributed by atoms with E-state index in [1.807, 2.05) is 19.1 Å². The van der Waals surface area contributed by atoms with Crippen LogP contribution in [-0.2, 0) is 26.9 Å². The molecule has 2 aromatic carbocycles. The molecule has 0 radical (unpaired) electrons. The topological polar surface area (TPSA) is 89.6 Å². The van der Waals surface area contributed by atoms with Gasteiger partial charge in [-0.2, -0.15) is 21.6 Å². The van der Waals surface area contributed by atoms with Crippen molar-refractivity contribution in [1.82, 2.24) is 0 Å². The average molecular weight is 504 g/mol. The molecule has 0 saturated heterocycles. The fourth-order valence-corrected chi connectivity index (χ4v) is 4.82. The second-order valence-electron chi connectivity index (χ2n) is 7.43. The Morgan fingerprint density at radius 3 is 2.27 bits per heavy atom. The molecule has 0 unspecified atom stereocenters. The first-order chi connectivity index (χ1) is 15.5. The van der Waals surface area contributed by atoms with Crippen LogP contribution in [0, 0.1) is 6.92 Å². The first-order valence-corrected chi connectivity index (χ1v) is 12.9. The van der Waals surface area contributed by atoms with Crippen molar-refractivity contribution in [3.05, 3.63) is 58.5 Å². The zero-order chi connectivity index (χ0) is 24.6. The summed E-state index contributed by atoms with van der Waals surface area (Å²) in [4.78, 5) is 1.05. The molecule has 0 aliphatic rings. The summed E-state index contributed by atoms with van der Waals surface area (Å²) in [5, 5.41) is 8.77. The van der Waals surface area contributed by atoms with Crippen LogP contribution in [0.5, 0.6) is 0 Å². The van der Waals surface area contributed by atoms with Crippen LogP contribution >= 0.6 is 11.3 Å². The number of halogens is 3. The van der Waals surface area contributed by atoms with Crippen molar-refractivity contribution in [3.8, 4) is 11.1 Å². The SMILES string of the molecule is Cc1sc2cc(CCCCOS(C)(=O)=O)ccc2c1-c1ccc(C(F)(F)F)cc1.NCCO. The number of nitrogens with two attached hydrogens (primary N) is 1. The number of hydrogen-bond donors (Lipinski definition) is 2. The van der Waals surface area contributed by atoms with E-state index in [9.17, 15) is 21.6 Å². The Bertz CT molecular complexity index is 1140. The van der Waals surface area contributed by atoms with E-state index in [4.69, 9.17) is 15.0 Å². The van der Waals surface area contributed by atoms with Crippen LogP contribution in [0.3, 0.4) is 0 Å². The van der Waals surface area contributed by atoms with Crippen LogP contribution in [0.25, 0.3) is 21.2 Å². The molecule has 0 bridgehead atoms. The number of aliphatic hydroxyl groups excluding tert-OH is 1. The van der Waals surface area contributed by atoms with Crippen molar-refractivity contribution in [1.29, 1.82) is 0 Å². The predicted molar refractivity (Wildman–Crippen MR) is 127 cm³/mol. The molecule has 10 heteroatoms. The van der Waals surface area contributed by atoms with Gasteiger partial charge in [-0.3, -0.25) is 4.18 Å². The fourth-order valence-electron chi connectivity index (χ4n) is 3.24. The third kappa shape index (κ3) is 8.38. The zero-order valence-electron chi connectivity index (χ0n) is 18.5. The molecule has 0 fully saturated rings. The van der Waals surface area contributed by atoms with Gasteiger partial charge in [-0.25, -0.2) is 0 Å². The van der Waals surface area contributed by atoms with Gasteiger partial charge in [0.15, 0.2) is 0 Å². The Morgan fingerprint density at radius 2 is 1.73 bits per heavy atom. The largest absolute Gasteiger partial charge is 0.416 e. The number of thiophene rings is 1. The number of fused-ring (bicyclic) bond motifs is 1. The third-order valence-electron chi connectivity index (χ3n) is 4.72. The van der Waals surface area contributed by atoms with E-state index in [0.29, 0.717) is 13.0 Å². The summed E-state index contributed by atoms with van der Waals surface area (Å²) >= 11 is 1.62. The summed E-state index contributed by atoms with van der Waals surface area (Å²) in [7, 11) is -3.40. The van der Waals surface area contributed by atoms with E-state index in [1.165, 1.54) is 12.1 Å². The average Bonchev–Trinajstić information content (AvgIpc) is 3.07. The third-order valence-corrected chi connectivity index (χ3v) is 6.38. The Kier molecular flexibility index (Phi) is 9.86. The molecule has 3 N–H and O–H groups in total. The van der Waals surface area contributed by atoms with Gasteiger partial charge in [0.05, 0.1) is 25.0 Å². The lowest BCUT2D eigenvalue weighted by molar-refractivity contribution is -0.137. The van der Waals surface area contributed by atoms with Gasteiger partial charge in [0.2, 0.25) is 0 Å². The van der Waals surface area contributed by atoms with Gasteiger partial charge in [0.25, 0.3) is 10.1 Å². The van der Waals surface area contributed by atoms with Crippen molar-refractivity contribution < 1.29 is 30.9 Å². The minimum Gasteiger partial charge on any atom is -0.395 e. The summed E-state index contributed by atoms with van der Waals surface area (Å²) in [5.74, 6) is 0. The van der Waals surface area contributed by atoms with Crippen molar-refractivity contribution in [2.24, 2.45) is 5.73 Å². The molecule has 0 atom stereocenters. The summed E-state index contributed by atoms with van der Waals surface area (Å²) < 4.78 is 66.2. The van der Waals surface area contributed by atoms with E-state index >= 15 is 0 Å². The van der Waals surface area contributed by atoms with E-state index in [-0.39, 0.29) is 13.2 Å². The van der Waals surface area contributed by atoms with Crippen LogP contribution in [0.4, 0.5) is 13.2 Å². The zero-order valence-corrected chi connectivity index (χ0v) is 20.1. The highest BCUT2D eigenvalue weighted by molar-refractivity contribution is 7.85. The first-order valence-electron chi connectivity index (χ1n) is 10.3. The lowest BCUT2D eigenvalue weighted by atomic mass is 9.99. The van der Waals surface area contributed by atoms with Crippen molar-refractivity contribution in [2.45, 2.75) is 32.4 Å². The highest BCUT2D eigenvalue weighted by Gasteiger charge is 2.30. The number of benzene rings is 2. The Labute approximate surface area is 196 Å². The highest BCUT2D eigenvalue weighted by Crippen LogP contribution is 2.40. The molecule has 0 saturated carbocycles. The Hall–Kier alpha value is -1.98. The molecule has 5 nitrogen and oxygen atoms in total. The van der Waals surface area contributed by atoms with Crippen LogP contribution < -0.4 is 5.73 Å². The highest BCUT2D eigenvalue weighted by atomic mass is 32.2. The number of aliphatic hydroxyl groups is 1. The van der Waals surface area contributed by atoms with Gasteiger partial charge in [-0.05, 0) is 55.5 Å². The molecule has 0 aliphatic heterocycles. The lowest BCUT2D eigenvalue weighted by Crippen LogP contribution is -2.04. The molecule has 182 valence electrons. The number of unbranched alkanes of at least 4 members (excludes halogenated alkanes) is 1. The van der Waals surface area contributed by atoms with Crippen LogP contribution in [0.2, 0.25) is 0 Å². The summed E-state index contributed by atoms with van der Waals surface area (Å²) in [6.45, 7) is 2.62. The van der Waals surface area contributed by atoms with Crippen molar-refractivity contribution in [2.75, 3.05) is 26.0 Å². The van der Waals surface area contributed by atoms with Crippen molar-refractivity contribution >= 4 is 31.5 Å². The van der Waals surface area contributed by atoms with Gasteiger partial charge in [0, 0.05) is 27.1 Å². The number of rotatable bonds is 8. The van der Waals surface area contributed by atoms with Gasteiger partial charge >= 0.3 is 6.18 Å². The molecule has 33 heavy (non-hydrogen) atoms. The number of alkyl halides is 3. The maximum atomic E-state index is 12.8. The lowest BCUT2D eigenvalue weighted by Gasteiger charge is -2.08. The summed E-state index contributed by atoms with van der Waals surface area (Å²) in [6, 6.07) is 11.4. The second kappa shape index (κ2) is 11.9. The molecule has 0 aliphatic carbocycles. The number of hydrogen-bond acceptors (Lipinski definition) is 6. The molecule has 3 rings (SSSR count). The fraction of sp³-hybridized carbons (Fsp3) is 0.391. The second-order valence-corrected chi connectivity index (χ2v) is 10.3. The maximum Gasteiger partial charge on any atom is 0.416 e. The Morgan fingerprint density at radius 1 is 1.09 bits per heavy atom. The normalized spacial score (nSPS) is 12.0. The Balaban J connectivity index is 0.000000890. The van der Waals surface area contributed by atoms with Crippen molar-refractivity contribution in [3.63, 3.8) is 0 Å². The summed E-state index contributed by atoms with van der Waals surface area (Å²) in [5.41, 5.74) is 7.00. The van der Waals surface area contributed by atoms with Gasteiger partial charge in [-0.15, -0.1) is 11.3 Å². The molecule has 1 aromatic heterocycles. The molecule has 0 spiro atoms. The molecule has 1 heterocycles. The van der Waals surface area contributed by atoms with Crippen LogP contribution in [0.1, 0.15) is 28.8 Å². The minimum absolute atomic E-state index is 0.0972. The smallest absolute Gasteiger partial charge is 0.395 e. The summed E-state index contributed by atoms with van der Waals surface area (Å²) in [6.07, 6.45) is -1.06. The van der Waals surface area contributed by atoms with E-state index in [1.54, 1.807) is 11.3 Å². The van der Waals surface area contributed by atoms with Crippen LogP contribution in [0.15, 0.2) is 42.5 Å². The van der Waals surface area contributed by atoms with Gasteiger partial charge < -0.3 is 10.8 Å². The van der Waals surface area contributed by atoms with Crippen LogP contribution in [-0.4, -0.2) is 39.5 Å². The monoisotopic (exact) mass is 503 g/mol. The first kappa shape index (κ1) is 27.3. The molecule has 0 amide bonds. The molecule has 3 aromatic rings. The maximum absolute atomic E-state index is 12.8. The standard InChI is InChI=1S/C21H21F3O3S2.C2H7NO/c1-14-20(16-7-9-17(10-8-16)21(22,23)24)18-11-6-15(13-19(18)28-14)5-3-4-12-27-29(2,25)26;3-1-2-4/h6-11,13H,3-5,12H2,1-2H3;4H,1-3H2. The predicted octanol–water partition coefficient (Wildman–Crippen LogP) is 5.13. The van der Waals surface area contributed by atoms with E-state index in [0.717, 1.165) is 62.9 Å². The number of aryl methyl sites for hydroxylation is 2. The minimum atomic E-state index is -4.34.